The largest absolute Gasteiger partial charge is 0.288 e. The molecule has 1 aliphatic rings. The van der Waals surface area contributed by atoms with Gasteiger partial charge in [0.15, 0.2) is 0 Å². The van der Waals surface area contributed by atoms with E-state index in [0.29, 0.717) is 0 Å². The van der Waals surface area contributed by atoms with Crippen LogP contribution in [0, 0.1) is 0 Å². The van der Waals surface area contributed by atoms with E-state index < -0.39 is 0 Å². The van der Waals surface area contributed by atoms with Crippen LogP contribution in [0.1, 0.15) is 6.92 Å². The SMILES string of the molecule is C=C(C)/C=C1/C=CC=C/C1=N/C. The molecule has 0 unspecified atom stereocenters. The maximum atomic E-state index is 4.15. The van der Waals surface area contributed by atoms with E-state index >= 15 is 0 Å². The smallest absolute Gasteiger partial charge is 0.0643 e. The molecule has 0 bridgehead atoms. The fourth-order valence-electron chi connectivity index (χ4n) is 1.08. The van der Waals surface area contributed by atoms with Gasteiger partial charge in [0.25, 0.3) is 0 Å². The predicted molar refractivity (Wildman–Crippen MR) is 54.5 cm³/mol. The highest BCUT2D eigenvalue weighted by molar-refractivity contribution is 6.11. The van der Waals surface area contributed by atoms with E-state index in [0.717, 1.165) is 16.9 Å². The highest BCUT2D eigenvalue weighted by Crippen LogP contribution is 2.10. The molecule has 0 amide bonds. The summed E-state index contributed by atoms with van der Waals surface area (Å²) in [6.45, 7) is 5.81. The number of hydrogen-bond acceptors (Lipinski definition) is 1. The van der Waals surface area contributed by atoms with Crippen LogP contribution < -0.4 is 0 Å². The van der Waals surface area contributed by atoms with Gasteiger partial charge in [-0.15, -0.1) is 0 Å². The summed E-state index contributed by atoms with van der Waals surface area (Å²) in [6, 6.07) is 0. The van der Waals surface area contributed by atoms with Gasteiger partial charge < -0.3 is 0 Å². The molecule has 0 atom stereocenters. The zero-order valence-electron chi connectivity index (χ0n) is 7.54. The van der Waals surface area contributed by atoms with Gasteiger partial charge in [-0.25, -0.2) is 0 Å². The first kappa shape index (κ1) is 8.72. The Morgan fingerprint density at radius 1 is 1.42 bits per heavy atom. The van der Waals surface area contributed by atoms with Crippen LogP contribution in [0.15, 0.2) is 53.1 Å². The molecule has 0 spiro atoms. The average molecular weight is 159 g/mol. The van der Waals surface area contributed by atoms with E-state index in [1.807, 2.05) is 37.3 Å². The summed E-state index contributed by atoms with van der Waals surface area (Å²) < 4.78 is 0. The second-order valence-electron chi connectivity index (χ2n) is 2.77. The summed E-state index contributed by atoms with van der Waals surface area (Å²) >= 11 is 0. The van der Waals surface area contributed by atoms with Crippen molar-refractivity contribution in [1.82, 2.24) is 0 Å². The normalized spacial score (nSPS) is 22.2. The molecule has 1 rings (SSSR count). The molecular weight excluding hydrogens is 146 g/mol. The van der Waals surface area contributed by atoms with E-state index in [9.17, 15) is 0 Å². The third-order valence-electron chi connectivity index (χ3n) is 1.58. The zero-order chi connectivity index (χ0) is 8.97. The second-order valence-corrected chi connectivity index (χ2v) is 2.77. The molecule has 0 heterocycles. The van der Waals surface area contributed by atoms with Crippen molar-refractivity contribution in [3.63, 3.8) is 0 Å². The molecule has 0 radical (unpaired) electrons. The number of nitrogens with zero attached hydrogens (tertiary/aromatic N) is 1. The molecule has 1 heteroatoms. The standard InChI is InChI=1S/C11H13N/c1-9(2)8-10-6-4-5-7-11(10)12-3/h4-8H,1H2,2-3H3/b10-8-,12-11-. The molecule has 0 aliphatic heterocycles. The lowest BCUT2D eigenvalue weighted by Gasteiger charge is -2.04. The van der Waals surface area contributed by atoms with Gasteiger partial charge in [0.1, 0.15) is 0 Å². The first-order valence-electron chi connectivity index (χ1n) is 3.93. The van der Waals surface area contributed by atoms with Crippen molar-refractivity contribution in [2.45, 2.75) is 6.92 Å². The fourth-order valence-corrected chi connectivity index (χ4v) is 1.08. The van der Waals surface area contributed by atoms with Crippen LogP contribution in [-0.2, 0) is 0 Å². The third-order valence-corrected chi connectivity index (χ3v) is 1.58. The summed E-state index contributed by atoms with van der Waals surface area (Å²) in [6.07, 6.45) is 10.1. The number of allylic oxidation sites excluding steroid dienone is 7. The van der Waals surface area contributed by atoms with Gasteiger partial charge in [0, 0.05) is 7.05 Å². The molecule has 12 heavy (non-hydrogen) atoms. The summed E-state index contributed by atoms with van der Waals surface area (Å²) in [5, 5.41) is 0. The lowest BCUT2D eigenvalue weighted by molar-refractivity contribution is 1.42. The van der Waals surface area contributed by atoms with Crippen molar-refractivity contribution < 1.29 is 0 Å². The number of hydrogen-bond donors (Lipinski definition) is 0. The van der Waals surface area contributed by atoms with Crippen molar-refractivity contribution in [2.75, 3.05) is 7.05 Å². The van der Waals surface area contributed by atoms with Crippen molar-refractivity contribution in [2.24, 2.45) is 4.99 Å². The van der Waals surface area contributed by atoms with Crippen molar-refractivity contribution >= 4 is 5.71 Å². The van der Waals surface area contributed by atoms with Crippen molar-refractivity contribution in [3.05, 3.63) is 48.1 Å². The van der Waals surface area contributed by atoms with Crippen molar-refractivity contribution in [3.8, 4) is 0 Å². The molecule has 0 N–H and O–H groups in total. The van der Waals surface area contributed by atoms with Gasteiger partial charge in [-0.1, -0.05) is 36.5 Å². The minimum atomic E-state index is 1.01. The van der Waals surface area contributed by atoms with Crippen LogP contribution in [0.4, 0.5) is 0 Å². The highest BCUT2D eigenvalue weighted by Gasteiger charge is 2.01. The monoisotopic (exact) mass is 159 g/mol. The van der Waals surface area contributed by atoms with E-state index in [2.05, 4.69) is 11.6 Å². The molecule has 62 valence electrons. The van der Waals surface area contributed by atoms with Gasteiger partial charge in [-0.3, -0.25) is 4.99 Å². The predicted octanol–water partition coefficient (Wildman–Crippen LogP) is 2.69. The van der Waals surface area contributed by atoms with Gasteiger partial charge in [-0.2, -0.15) is 0 Å². The molecule has 0 aromatic carbocycles. The molecule has 0 fully saturated rings. The fraction of sp³-hybridized carbons (Fsp3) is 0.182. The van der Waals surface area contributed by atoms with Crippen LogP contribution in [0.2, 0.25) is 0 Å². The highest BCUT2D eigenvalue weighted by atomic mass is 14.7. The number of aliphatic imine (C=N–C) groups is 1. The molecule has 1 nitrogen and oxygen atoms in total. The van der Waals surface area contributed by atoms with E-state index in [4.69, 9.17) is 0 Å². The van der Waals surface area contributed by atoms with Crippen LogP contribution in [-0.4, -0.2) is 12.8 Å². The Kier molecular flexibility index (Phi) is 2.81. The van der Waals surface area contributed by atoms with Crippen LogP contribution >= 0.6 is 0 Å². The first-order chi connectivity index (χ1) is 5.74. The average Bonchev–Trinajstić information content (AvgIpc) is 2.04. The molecule has 0 saturated heterocycles. The summed E-state index contributed by atoms with van der Waals surface area (Å²) in [7, 11) is 1.80. The Morgan fingerprint density at radius 2 is 2.08 bits per heavy atom. The summed E-state index contributed by atoms with van der Waals surface area (Å²) in [5.74, 6) is 0. The second kappa shape index (κ2) is 3.86. The van der Waals surface area contributed by atoms with Gasteiger partial charge in [0.05, 0.1) is 5.71 Å². The lowest BCUT2D eigenvalue weighted by Crippen LogP contribution is -1.99. The van der Waals surface area contributed by atoms with Crippen LogP contribution in [0.5, 0.6) is 0 Å². The Hall–Kier alpha value is -1.37. The summed E-state index contributed by atoms with van der Waals surface area (Å²) in [4.78, 5) is 4.15. The van der Waals surface area contributed by atoms with E-state index in [1.165, 1.54) is 0 Å². The topological polar surface area (TPSA) is 12.4 Å². The quantitative estimate of drug-likeness (QED) is 0.557. The Labute approximate surface area is 73.5 Å². The molecule has 0 saturated carbocycles. The van der Waals surface area contributed by atoms with Gasteiger partial charge >= 0.3 is 0 Å². The van der Waals surface area contributed by atoms with Gasteiger partial charge in [0.2, 0.25) is 0 Å². The minimum absolute atomic E-state index is 1.01. The molecule has 1 aliphatic carbocycles. The summed E-state index contributed by atoms with van der Waals surface area (Å²) in [5.41, 5.74) is 3.19. The maximum absolute atomic E-state index is 4.15. The minimum Gasteiger partial charge on any atom is -0.288 e. The van der Waals surface area contributed by atoms with E-state index in [-0.39, 0.29) is 0 Å². The van der Waals surface area contributed by atoms with Crippen LogP contribution in [0.3, 0.4) is 0 Å². The first-order valence-corrected chi connectivity index (χ1v) is 3.93. The van der Waals surface area contributed by atoms with E-state index in [1.54, 1.807) is 7.05 Å². The van der Waals surface area contributed by atoms with Crippen molar-refractivity contribution in [1.29, 1.82) is 0 Å². The molecular formula is C11H13N. The van der Waals surface area contributed by atoms with Crippen LogP contribution in [0.25, 0.3) is 0 Å². The van der Waals surface area contributed by atoms with Gasteiger partial charge in [-0.05, 0) is 18.6 Å². The molecule has 0 aromatic heterocycles. The lowest BCUT2D eigenvalue weighted by atomic mass is 10.0. The third kappa shape index (κ3) is 2.06. The number of rotatable bonds is 1. The zero-order valence-corrected chi connectivity index (χ0v) is 7.54. The Balaban J connectivity index is 2.98. The molecule has 0 aromatic rings. The Bertz CT molecular complexity index is 301. The maximum Gasteiger partial charge on any atom is 0.0643 e. The Morgan fingerprint density at radius 3 is 2.67 bits per heavy atom.